The van der Waals surface area contributed by atoms with E-state index in [4.69, 9.17) is 25.8 Å². The summed E-state index contributed by atoms with van der Waals surface area (Å²) in [6.07, 6.45) is 1.10. The number of carbonyl (C=O) groups excluding carboxylic acids is 1. The first-order valence-corrected chi connectivity index (χ1v) is 15.1. The first-order valence-electron chi connectivity index (χ1n) is 14.7. The van der Waals surface area contributed by atoms with Crippen LogP contribution < -0.4 is 19.7 Å². The molecule has 3 aliphatic rings. The number of hydrogen-bond acceptors (Lipinski definition) is 6. The second-order valence-corrected chi connectivity index (χ2v) is 12.8. The summed E-state index contributed by atoms with van der Waals surface area (Å²) < 4.78 is 17.7. The van der Waals surface area contributed by atoms with Crippen LogP contribution in [0.4, 0.5) is 5.69 Å². The van der Waals surface area contributed by atoms with Crippen LogP contribution in [0.25, 0.3) is 0 Å². The van der Waals surface area contributed by atoms with Gasteiger partial charge in [-0.2, -0.15) is 0 Å². The number of piperidine rings is 1. The summed E-state index contributed by atoms with van der Waals surface area (Å²) in [5.74, 6) is 1.61. The van der Waals surface area contributed by atoms with Gasteiger partial charge >= 0.3 is 0 Å². The predicted molar refractivity (Wildman–Crippen MR) is 163 cm³/mol. The van der Waals surface area contributed by atoms with E-state index in [-0.39, 0.29) is 18.4 Å². The number of anilines is 1. The second kappa shape index (κ2) is 11.2. The molecule has 222 valence electrons. The van der Waals surface area contributed by atoms with Gasteiger partial charge in [0.05, 0.1) is 44.5 Å². The molecule has 0 radical (unpaired) electrons. The summed E-state index contributed by atoms with van der Waals surface area (Å²) >= 11 is 6.26. The number of hydrogen-bond donors (Lipinski definition) is 2. The molecule has 8 heteroatoms. The number of rotatable bonds is 7. The SMILES string of the molecule is COc1cc2c(cc1OC(C)C)C(c1ccc(Cl)cc1)N(c1ccc([C@](C)(O)C34CNCC(COC3)C4)cc1)C(=O)C2. The third-order valence-corrected chi connectivity index (χ3v) is 9.44. The largest absolute Gasteiger partial charge is 0.493 e. The van der Waals surface area contributed by atoms with Crippen molar-refractivity contribution in [1.82, 2.24) is 5.32 Å². The molecule has 3 aromatic carbocycles. The number of methoxy groups -OCH3 is 1. The van der Waals surface area contributed by atoms with E-state index in [2.05, 4.69) is 5.32 Å². The van der Waals surface area contributed by atoms with E-state index >= 15 is 0 Å². The van der Waals surface area contributed by atoms with E-state index in [1.54, 1.807) is 7.11 Å². The molecule has 0 spiro atoms. The second-order valence-electron chi connectivity index (χ2n) is 12.4. The molecule has 0 aliphatic carbocycles. The summed E-state index contributed by atoms with van der Waals surface area (Å²) in [5.41, 5.74) is 2.86. The molecular formula is C34H39ClN2O5. The Kier molecular flexibility index (Phi) is 7.73. The number of benzene rings is 3. The molecule has 4 atom stereocenters. The number of aliphatic hydroxyl groups is 1. The summed E-state index contributed by atoms with van der Waals surface area (Å²) in [6, 6.07) is 18.9. The van der Waals surface area contributed by atoms with Gasteiger partial charge in [0.15, 0.2) is 11.5 Å². The topological polar surface area (TPSA) is 80.3 Å². The first-order chi connectivity index (χ1) is 20.1. The Morgan fingerprint density at radius 1 is 1.12 bits per heavy atom. The summed E-state index contributed by atoms with van der Waals surface area (Å²) in [7, 11) is 1.61. The van der Waals surface area contributed by atoms with Crippen molar-refractivity contribution in [2.24, 2.45) is 11.3 Å². The fourth-order valence-corrected chi connectivity index (χ4v) is 7.08. The van der Waals surface area contributed by atoms with E-state index in [9.17, 15) is 9.90 Å². The van der Waals surface area contributed by atoms with Gasteiger partial charge in [0.1, 0.15) is 0 Å². The van der Waals surface area contributed by atoms with Crippen molar-refractivity contribution in [1.29, 1.82) is 0 Å². The van der Waals surface area contributed by atoms with Crippen molar-refractivity contribution in [3.63, 3.8) is 0 Å². The third-order valence-electron chi connectivity index (χ3n) is 9.19. The Hall–Kier alpha value is -3.10. The third kappa shape index (κ3) is 5.06. The van der Waals surface area contributed by atoms with Crippen LogP contribution in [-0.2, 0) is 21.6 Å². The Balaban J connectivity index is 1.41. The van der Waals surface area contributed by atoms with Crippen LogP contribution >= 0.6 is 11.6 Å². The van der Waals surface area contributed by atoms with Crippen LogP contribution in [0.2, 0.25) is 5.02 Å². The van der Waals surface area contributed by atoms with E-state index in [0.29, 0.717) is 35.6 Å². The van der Waals surface area contributed by atoms with Crippen molar-refractivity contribution in [2.45, 2.75) is 51.4 Å². The smallest absolute Gasteiger partial charge is 0.232 e. The maximum atomic E-state index is 13.9. The van der Waals surface area contributed by atoms with Gasteiger partial charge in [-0.05, 0) is 91.8 Å². The zero-order valence-electron chi connectivity index (χ0n) is 24.7. The lowest BCUT2D eigenvalue weighted by Gasteiger charge is -2.53. The van der Waals surface area contributed by atoms with Gasteiger partial charge in [-0.1, -0.05) is 35.9 Å². The number of halogens is 1. The zero-order chi connectivity index (χ0) is 29.6. The molecule has 3 heterocycles. The molecule has 3 unspecified atom stereocenters. The lowest BCUT2D eigenvalue weighted by molar-refractivity contribution is -0.170. The highest BCUT2D eigenvalue weighted by molar-refractivity contribution is 6.30. The highest BCUT2D eigenvalue weighted by Gasteiger charge is 2.53. The highest BCUT2D eigenvalue weighted by Crippen LogP contribution is 2.49. The normalized spacial score (nSPS) is 25.1. The fourth-order valence-electron chi connectivity index (χ4n) is 6.95. The lowest BCUT2D eigenvalue weighted by atomic mass is 9.62. The molecule has 7 nitrogen and oxygen atoms in total. The molecule has 2 N–H and O–H groups in total. The molecule has 0 saturated carbocycles. The van der Waals surface area contributed by atoms with Crippen LogP contribution in [0.1, 0.15) is 55.5 Å². The Morgan fingerprint density at radius 2 is 1.86 bits per heavy atom. The Morgan fingerprint density at radius 3 is 2.55 bits per heavy atom. The van der Waals surface area contributed by atoms with Crippen molar-refractivity contribution < 1.29 is 24.1 Å². The average Bonchev–Trinajstić information content (AvgIpc) is 2.97. The standard InChI is InChI=1S/C34H39ClN2O5/c1-21(2)42-30-15-28-24(13-29(30)40-4)14-31(38)37(32(28)23-5-9-26(35)10-6-23)27-11-7-25(8-12-27)33(3,39)34-16-22(17-36-19-34)18-41-20-34/h5-13,15,21-22,32,36,39H,14,16-20H2,1-4H3/t22?,32?,33-,34?/m0/s1. The fraction of sp³-hybridized carbons (Fsp3) is 0.441. The molecule has 0 aromatic heterocycles. The number of fused-ring (bicyclic) bond motifs is 3. The molecule has 1 amide bonds. The molecule has 2 saturated heterocycles. The van der Waals surface area contributed by atoms with E-state index in [1.165, 1.54) is 0 Å². The molecule has 3 aliphatic heterocycles. The maximum Gasteiger partial charge on any atom is 0.232 e. The number of nitrogens with one attached hydrogen (secondary N) is 1. The minimum Gasteiger partial charge on any atom is -0.493 e. The molecular weight excluding hydrogens is 552 g/mol. The van der Waals surface area contributed by atoms with Crippen molar-refractivity contribution in [3.05, 3.63) is 87.9 Å². The van der Waals surface area contributed by atoms with E-state index < -0.39 is 17.1 Å². The minimum absolute atomic E-state index is 0.0277. The van der Waals surface area contributed by atoms with Crippen LogP contribution in [0, 0.1) is 11.3 Å². The van der Waals surface area contributed by atoms with Crippen LogP contribution in [0.5, 0.6) is 11.5 Å². The van der Waals surface area contributed by atoms with Crippen LogP contribution in [0.15, 0.2) is 60.7 Å². The van der Waals surface area contributed by atoms with Gasteiger partial charge in [-0.3, -0.25) is 4.79 Å². The van der Waals surface area contributed by atoms with Gasteiger partial charge < -0.3 is 29.5 Å². The first kappa shape index (κ1) is 29.0. The summed E-state index contributed by atoms with van der Waals surface area (Å²) in [6.45, 7) is 8.69. The number of nitrogens with zero attached hydrogens (tertiary/aromatic N) is 1. The molecule has 3 aromatic rings. The van der Waals surface area contributed by atoms with Crippen molar-refractivity contribution in [2.75, 3.05) is 38.3 Å². The monoisotopic (exact) mass is 590 g/mol. The lowest BCUT2D eigenvalue weighted by Crippen LogP contribution is -2.60. The predicted octanol–water partition coefficient (Wildman–Crippen LogP) is 5.65. The van der Waals surface area contributed by atoms with Crippen LogP contribution in [0.3, 0.4) is 0 Å². The van der Waals surface area contributed by atoms with Gasteiger partial charge in [-0.25, -0.2) is 0 Å². The van der Waals surface area contributed by atoms with Crippen LogP contribution in [-0.4, -0.2) is 50.5 Å². The molecule has 42 heavy (non-hydrogen) atoms. The molecule has 2 fully saturated rings. The van der Waals surface area contributed by atoms with Gasteiger partial charge in [-0.15, -0.1) is 0 Å². The van der Waals surface area contributed by atoms with E-state index in [0.717, 1.165) is 47.5 Å². The van der Waals surface area contributed by atoms with Gasteiger partial charge in [0.2, 0.25) is 5.91 Å². The van der Waals surface area contributed by atoms with Crippen molar-refractivity contribution in [3.8, 4) is 11.5 Å². The quantitative estimate of drug-likeness (QED) is 0.370. The van der Waals surface area contributed by atoms with E-state index in [1.807, 2.05) is 86.3 Å². The van der Waals surface area contributed by atoms with Gasteiger partial charge in [0.25, 0.3) is 0 Å². The molecule has 2 bridgehead atoms. The maximum absolute atomic E-state index is 13.9. The highest BCUT2D eigenvalue weighted by atomic mass is 35.5. The Labute approximate surface area is 252 Å². The summed E-state index contributed by atoms with van der Waals surface area (Å²) in [5, 5.41) is 16.1. The van der Waals surface area contributed by atoms with Gasteiger partial charge in [0, 0.05) is 29.2 Å². The zero-order valence-corrected chi connectivity index (χ0v) is 25.4. The number of ether oxygens (including phenoxy) is 3. The Bertz CT molecular complexity index is 1440. The molecule has 6 rings (SSSR count). The summed E-state index contributed by atoms with van der Waals surface area (Å²) in [4.78, 5) is 15.7. The average molecular weight is 591 g/mol. The number of carbonyl (C=O) groups is 1. The minimum atomic E-state index is -1.11. The number of amides is 1. The van der Waals surface area contributed by atoms with Crippen molar-refractivity contribution >= 4 is 23.2 Å².